The predicted octanol–water partition coefficient (Wildman–Crippen LogP) is 2.77. The molecule has 2 rings (SSSR count). The van der Waals surface area contributed by atoms with Gasteiger partial charge in [-0.25, -0.2) is 9.18 Å². The molecule has 0 aromatic heterocycles. The van der Waals surface area contributed by atoms with Gasteiger partial charge in [0.25, 0.3) is 0 Å². The van der Waals surface area contributed by atoms with Crippen LogP contribution in [-0.4, -0.2) is 13.1 Å². The Labute approximate surface area is 115 Å². The number of hydrogen-bond acceptors (Lipinski definition) is 4. The molecule has 2 aromatic rings. The summed E-state index contributed by atoms with van der Waals surface area (Å²) in [5, 5.41) is 0. The average molecular weight is 275 g/mol. The molecule has 0 spiro atoms. The Hall–Kier alpha value is -2.56. The van der Waals surface area contributed by atoms with Crippen molar-refractivity contribution in [1.29, 1.82) is 0 Å². The van der Waals surface area contributed by atoms with Crippen LogP contribution in [0.4, 0.5) is 10.1 Å². The zero-order valence-corrected chi connectivity index (χ0v) is 10.9. The number of halogens is 1. The molecule has 0 aliphatic heterocycles. The summed E-state index contributed by atoms with van der Waals surface area (Å²) in [6, 6.07) is 10.4. The monoisotopic (exact) mass is 275 g/mol. The Balaban J connectivity index is 2.07. The normalized spacial score (nSPS) is 10.1. The molecule has 0 aliphatic carbocycles. The lowest BCUT2D eigenvalue weighted by Gasteiger charge is -2.09. The molecule has 2 N–H and O–H groups in total. The van der Waals surface area contributed by atoms with Crippen molar-refractivity contribution in [3.63, 3.8) is 0 Å². The van der Waals surface area contributed by atoms with E-state index in [1.807, 2.05) is 0 Å². The molecule has 0 amide bonds. The van der Waals surface area contributed by atoms with Gasteiger partial charge in [0.2, 0.25) is 0 Å². The summed E-state index contributed by atoms with van der Waals surface area (Å²) in [7, 11) is 1.45. The Bertz CT molecular complexity index is 611. The van der Waals surface area contributed by atoms with E-state index >= 15 is 0 Å². The van der Waals surface area contributed by atoms with Crippen molar-refractivity contribution in [2.75, 3.05) is 12.8 Å². The number of benzene rings is 2. The first kappa shape index (κ1) is 13.9. The molecular formula is C15H14FNO3. The fraction of sp³-hybridized carbons (Fsp3) is 0.133. The zero-order chi connectivity index (χ0) is 14.5. The number of anilines is 1. The standard InChI is InChI=1S/C15H14FNO3/c1-19-14-8-12(17)6-7-13(14)15(18)20-9-10-2-4-11(16)5-3-10/h2-8H,9,17H2,1H3. The van der Waals surface area contributed by atoms with E-state index in [1.165, 1.54) is 19.2 Å². The molecular weight excluding hydrogens is 261 g/mol. The van der Waals surface area contributed by atoms with Crippen molar-refractivity contribution < 1.29 is 18.7 Å². The van der Waals surface area contributed by atoms with Gasteiger partial charge in [-0.05, 0) is 29.8 Å². The fourth-order valence-corrected chi connectivity index (χ4v) is 1.68. The van der Waals surface area contributed by atoms with Crippen molar-refractivity contribution in [3.05, 3.63) is 59.4 Å². The molecule has 2 aromatic carbocycles. The van der Waals surface area contributed by atoms with Gasteiger partial charge in [-0.1, -0.05) is 12.1 Å². The van der Waals surface area contributed by atoms with Crippen LogP contribution in [0.3, 0.4) is 0 Å². The first-order chi connectivity index (χ1) is 9.60. The first-order valence-corrected chi connectivity index (χ1v) is 5.95. The molecule has 0 fully saturated rings. The molecule has 0 radical (unpaired) electrons. The molecule has 0 aliphatic rings. The second-order valence-electron chi connectivity index (χ2n) is 4.16. The molecule has 0 saturated heterocycles. The number of nitrogens with two attached hydrogens (primary N) is 1. The molecule has 5 heteroatoms. The quantitative estimate of drug-likeness (QED) is 0.688. The van der Waals surface area contributed by atoms with Gasteiger partial charge in [-0.15, -0.1) is 0 Å². The minimum Gasteiger partial charge on any atom is -0.496 e. The van der Waals surface area contributed by atoms with E-state index < -0.39 is 5.97 Å². The lowest BCUT2D eigenvalue weighted by molar-refractivity contribution is 0.0469. The van der Waals surface area contributed by atoms with Crippen molar-refractivity contribution in [2.24, 2.45) is 0 Å². The lowest BCUT2D eigenvalue weighted by Crippen LogP contribution is -2.07. The third-order valence-corrected chi connectivity index (χ3v) is 2.73. The lowest BCUT2D eigenvalue weighted by atomic mass is 10.2. The highest BCUT2D eigenvalue weighted by atomic mass is 19.1. The van der Waals surface area contributed by atoms with Gasteiger partial charge in [0, 0.05) is 11.8 Å². The minimum atomic E-state index is -0.522. The summed E-state index contributed by atoms with van der Waals surface area (Å²) in [4.78, 5) is 12.0. The third kappa shape index (κ3) is 3.26. The molecule has 4 nitrogen and oxygen atoms in total. The Morgan fingerprint density at radius 3 is 2.55 bits per heavy atom. The molecule has 0 bridgehead atoms. The summed E-state index contributed by atoms with van der Waals surface area (Å²) >= 11 is 0. The highest BCUT2D eigenvalue weighted by molar-refractivity contribution is 5.93. The molecule has 104 valence electrons. The van der Waals surface area contributed by atoms with E-state index in [-0.39, 0.29) is 12.4 Å². The third-order valence-electron chi connectivity index (χ3n) is 2.73. The van der Waals surface area contributed by atoms with Gasteiger partial charge in [-0.2, -0.15) is 0 Å². The van der Waals surface area contributed by atoms with E-state index in [0.717, 1.165) is 0 Å². The summed E-state index contributed by atoms with van der Waals surface area (Å²) in [6.45, 7) is 0.0621. The van der Waals surface area contributed by atoms with Crippen LogP contribution in [-0.2, 0) is 11.3 Å². The van der Waals surface area contributed by atoms with Crippen LogP contribution in [0.15, 0.2) is 42.5 Å². The molecule has 0 unspecified atom stereocenters. The first-order valence-electron chi connectivity index (χ1n) is 5.95. The number of methoxy groups -OCH3 is 1. The zero-order valence-electron chi connectivity index (χ0n) is 10.9. The van der Waals surface area contributed by atoms with Crippen molar-refractivity contribution >= 4 is 11.7 Å². The highest BCUT2D eigenvalue weighted by Gasteiger charge is 2.14. The molecule has 0 saturated carbocycles. The number of carbonyl (C=O) groups excluding carboxylic acids is 1. The molecule has 20 heavy (non-hydrogen) atoms. The van der Waals surface area contributed by atoms with E-state index in [0.29, 0.717) is 22.6 Å². The molecule has 0 heterocycles. The summed E-state index contributed by atoms with van der Waals surface area (Å²) in [6.07, 6.45) is 0. The van der Waals surface area contributed by atoms with Crippen LogP contribution in [0.2, 0.25) is 0 Å². The maximum Gasteiger partial charge on any atom is 0.342 e. The number of nitrogen functional groups attached to an aromatic ring is 1. The number of carbonyl (C=O) groups is 1. The second kappa shape index (κ2) is 6.06. The predicted molar refractivity (Wildman–Crippen MR) is 72.9 cm³/mol. The van der Waals surface area contributed by atoms with Crippen LogP contribution in [0.5, 0.6) is 5.75 Å². The van der Waals surface area contributed by atoms with Crippen molar-refractivity contribution in [1.82, 2.24) is 0 Å². The van der Waals surface area contributed by atoms with E-state index in [1.54, 1.807) is 30.3 Å². The number of hydrogen-bond donors (Lipinski definition) is 1. The van der Waals surface area contributed by atoms with Crippen LogP contribution in [0.1, 0.15) is 15.9 Å². The Morgan fingerprint density at radius 2 is 1.90 bits per heavy atom. The van der Waals surface area contributed by atoms with Crippen LogP contribution in [0.25, 0.3) is 0 Å². The smallest absolute Gasteiger partial charge is 0.342 e. The summed E-state index contributed by atoms with van der Waals surface area (Å²) < 4.78 is 23.0. The van der Waals surface area contributed by atoms with Gasteiger partial charge in [0.15, 0.2) is 0 Å². The highest BCUT2D eigenvalue weighted by Crippen LogP contribution is 2.22. The average Bonchev–Trinajstić information content (AvgIpc) is 2.46. The van der Waals surface area contributed by atoms with Crippen molar-refractivity contribution in [2.45, 2.75) is 6.61 Å². The maximum atomic E-state index is 12.8. The maximum absolute atomic E-state index is 12.8. The van der Waals surface area contributed by atoms with E-state index in [9.17, 15) is 9.18 Å². The number of rotatable bonds is 4. The second-order valence-corrected chi connectivity index (χ2v) is 4.16. The van der Waals surface area contributed by atoms with Gasteiger partial charge in [0.05, 0.1) is 7.11 Å². The number of esters is 1. The van der Waals surface area contributed by atoms with Crippen LogP contribution >= 0.6 is 0 Å². The van der Waals surface area contributed by atoms with Gasteiger partial charge >= 0.3 is 5.97 Å². The van der Waals surface area contributed by atoms with Gasteiger partial charge in [0.1, 0.15) is 23.7 Å². The summed E-state index contributed by atoms with van der Waals surface area (Å²) in [5.41, 5.74) is 7.11. The Kier molecular flexibility index (Phi) is 4.20. The SMILES string of the molecule is COc1cc(N)ccc1C(=O)OCc1ccc(F)cc1. The van der Waals surface area contributed by atoms with E-state index in [2.05, 4.69) is 0 Å². The van der Waals surface area contributed by atoms with Gasteiger partial charge < -0.3 is 15.2 Å². The van der Waals surface area contributed by atoms with Crippen LogP contribution in [0, 0.1) is 5.82 Å². The Morgan fingerprint density at radius 1 is 1.20 bits per heavy atom. The van der Waals surface area contributed by atoms with Gasteiger partial charge in [-0.3, -0.25) is 0 Å². The topological polar surface area (TPSA) is 61.5 Å². The van der Waals surface area contributed by atoms with E-state index in [4.69, 9.17) is 15.2 Å². The summed E-state index contributed by atoms with van der Waals surface area (Å²) in [5.74, 6) is -0.499. The largest absolute Gasteiger partial charge is 0.496 e. The van der Waals surface area contributed by atoms with Crippen LogP contribution < -0.4 is 10.5 Å². The number of ether oxygens (including phenoxy) is 2. The molecule has 0 atom stereocenters. The fourth-order valence-electron chi connectivity index (χ4n) is 1.68. The minimum absolute atomic E-state index is 0.0621. The van der Waals surface area contributed by atoms with Crippen molar-refractivity contribution in [3.8, 4) is 5.75 Å².